The first-order valence-electron chi connectivity index (χ1n) is 3.62. The molecule has 72 valence electrons. The average molecular weight is 194 g/mol. The van der Waals surface area contributed by atoms with Gasteiger partial charge in [-0.3, -0.25) is 4.79 Å². The van der Waals surface area contributed by atoms with Gasteiger partial charge in [0.1, 0.15) is 6.04 Å². The van der Waals surface area contributed by atoms with Gasteiger partial charge in [-0.2, -0.15) is 0 Å². The van der Waals surface area contributed by atoms with Crippen molar-refractivity contribution in [3.63, 3.8) is 0 Å². The number of rotatable bonds is 3. The molecule has 0 bridgehead atoms. The van der Waals surface area contributed by atoms with Crippen molar-refractivity contribution in [3.8, 4) is 0 Å². The molecule has 12 heavy (non-hydrogen) atoms. The summed E-state index contributed by atoms with van der Waals surface area (Å²) in [7, 11) is 0. The molecule has 0 aromatic heterocycles. The van der Waals surface area contributed by atoms with Crippen molar-refractivity contribution >= 4 is 17.6 Å². The van der Waals surface area contributed by atoms with E-state index < -0.39 is 12.0 Å². The molecule has 0 unspecified atom stereocenters. The summed E-state index contributed by atoms with van der Waals surface area (Å²) in [6.07, 6.45) is 1.64. The molecule has 0 aliphatic carbocycles. The largest absolute Gasteiger partial charge is 0.480 e. The normalized spacial score (nSPS) is 11.4. The molecule has 0 fully saturated rings. The molecule has 0 aromatic carbocycles. The van der Waals surface area contributed by atoms with Gasteiger partial charge in [-0.1, -0.05) is 19.9 Å². The molecular weight excluding hydrogens is 178 g/mol. The zero-order chi connectivity index (χ0) is 10.1. The van der Waals surface area contributed by atoms with Crippen molar-refractivity contribution in [2.45, 2.75) is 19.9 Å². The van der Waals surface area contributed by atoms with Gasteiger partial charge in [-0.05, 0) is 5.92 Å². The number of alkyl halides is 1. The quantitative estimate of drug-likeness (QED) is 0.527. The summed E-state index contributed by atoms with van der Waals surface area (Å²) in [5, 5.41) is 8.23. The van der Waals surface area contributed by atoms with E-state index in [1.807, 2.05) is 0 Å². The smallest absolute Gasteiger partial charge is 0.320 e. The number of aliphatic carboxylic acids is 1. The van der Waals surface area contributed by atoms with Crippen molar-refractivity contribution in [2.24, 2.45) is 11.7 Å². The van der Waals surface area contributed by atoms with Crippen molar-refractivity contribution in [1.29, 1.82) is 0 Å². The predicted molar refractivity (Wildman–Crippen MR) is 51.4 cm³/mol. The number of nitrogens with two attached hydrogens (primary N) is 1. The maximum absolute atomic E-state index is 10.0. The van der Waals surface area contributed by atoms with Gasteiger partial charge in [0.25, 0.3) is 0 Å². The zero-order valence-electron chi connectivity index (χ0n) is 7.46. The van der Waals surface area contributed by atoms with Crippen LogP contribution >= 0.6 is 11.6 Å². The molecule has 0 heterocycles. The molecule has 0 aromatic rings. The van der Waals surface area contributed by atoms with E-state index in [-0.39, 0.29) is 5.92 Å². The molecular formula is C8H16ClNO2. The Morgan fingerprint density at radius 2 is 2.08 bits per heavy atom. The van der Waals surface area contributed by atoms with Crippen LogP contribution in [0.5, 0.6) is 0 Å². The van der Waals surface area contributed by atoms with E-state index in [1.54, 1.807) is 19.9 Å². The highest BCUT2D eigenvalue weighted by atomic mass is 35.5. The third kappa shape index (κ3) is 9.46. The van der Waals surface area contributed by atoms with Crippen molar-refractivity contribution in [3.05, 3.63) is 12.7 Å². The topological polar surface area (TPSA) is 63.3 Å². The first-order valence-corrected chi connectivity index (χ1v) is 4.16. The van der Waals surface area contributed by atoms with Crippen LogP contribution in [-0.2, 0) is 4.79 Å². The van der Waals surface area contributed by atoms with Crippen LogP contribution in [0.25, 0.3) is 0 Å². The molecule has 3 nitrogen and oxygen atoms in total. The molecule has 0 saturated carbocycles. The Morgan fingerprint density at radius 3 is 2.08 bits per heavy atom. The Bertz CT molecular complexity index is 137. The van der Waals surface area contributed by atoms with E-state index in [1.165, 1.54) is 0 Å². The number of carbonyl (C=O) groups is 1. The second kappa shape index (κ2) is 8.56. The van der Waals surface area contributed by atoms with Gasteiger partial charge in [0.05, 0.1) is 0 Å². The summed E-state index contributed by atoms with van der Waals surface area (Å²) < 4.78 is 0. The van der Waals surface area contributed by atoms with Crippen LogP contribution < -0.4 is 5.73 Å². The lowest BCUT2D eigenvalue weighted by Gasteiger charge is -2.07. The van der Waals surface area contributed by atoms with Gasteiger partial charge in [-0.25, -0.2) is 0 Å². The molecule has 0 saturated heterocycles. The van der Waals surface area contributed by atoms with Crippen LogP contribution in [0, 0.1) is 5.92 Å². The first-order chi connectivity index (χ1) is 5.47. The Balaban J connectivity index is 0. The molecule has 4 heteroatoms. The summed E-state index contributed by atoms with van der Waals surface area (Å²) in [4.78, 5) is 10.0. The minimum absolute atomic E-state index is 0.0208. The predicted octanol–water partition coefficient (Wildman–Crippen LogP) is 1.47. The molecule has 0 amide bonds. The van der Waals surface area contributed by atoms with Crippen LogP contribution in [0.1, 0.15) is 13.8 Å². The highest BCUT2D eigenvalue weighted by Crippen LogP contribution is 1.96. The van der Waals surface area contributed by atoms with E-state index in [0.717, 1.165) is 0 Å². The minimum Gasteiger partial charge on any atom is -0.480 e. The van der Waals surface area contributed by atoms with E-state index >= 15 is 0 Å². The number of hydrogen-bond donors (Lipinski definition) is 2. The minimum atomic E-state index is -0.931. The lowest BCUT2D eigenvalue weighted by Crippen LogP contribution is -2.34. The van der Waals surface area contributed by atoms with Gasteiger partial charge < -0.3 is 10.8 Å². The highest BCUT2D eigenvalue weighted by molar-refractivity contribution is 6.18. The number of halogens is 1. The Kier molecular flexibility index (Phi) is 9.99. The van der Waals surface area contributed by atoms with Crippen LogP contribution in [0.15, 0.2) is 12.7 Å². The molecule has 0 radical (unpaired) electrons. The fourth-order valence-corrected chi connectivity index (χ4v) is 0.285. The third-order valence-electron chi connectivity index (χ3n) is 1.11. The SMILES string of the molecule is C=CCCl.CC(C)[C@H](N)C(=O)O. The molecule has 0 aliphatic rings. The summed E-state index contributed by atoms with van der Waals surface area (Å²) in [6.45, 7) is 6.90. The van der Waals surface area contributed by atoms with Gasteiger partial charge >= 0.3 is 5.97 Å². The Morgan fingerprint density at radius 1 is 1.75 bits per heavy atom. The second-order valence-corrected chi connectivity index (χ2v) is 2.86. The van der Waals surface area contributed by atoms with Gasteiger partial charge in [0.2, 0.25) is 0 Å². The van der Waals surface area contributed by atoms with E-state index in [9.17, 15) is 4.79 Å². The number of carboxylic acid groups (broad SMARTS) is 1. The molecule has 0 rings (SSSR count). The summed E-state index contributed by atoms with van der Waals surface area (Å²) >= 11 is 5.07. The molecule has 0 aliphatic heterocycles. The fourth-order valence-electron chi connectivity index (χ4n) is 0.285. The molecule has 0 spiro atoms. The number of hydrogen-bond acceptors (Lipinski definition) is 2. The number of allylic oxidation sites excluding steroid dienone is 1. The van der Waals surface area contributed by atoms with Gasteiger partial charge in [0, 0.05) is 5.88 Å². The van der Waals surface area contributed by atoms with Crippen molar-refractivity contribution in [1.82, 2.24) is 0 Å². The van der Waals surface area contributed by atoms with Crippen LogP contribution in [0.4, 0.5) is 0 Å². The lowest BCUT2D eigenvalue weighted by atomic mass is 10.1. The van der Waals surface area contributed by atoms with Crippen LogP contribution in [0.3, 0.4) is 0 Å². The summed E-state index contributed by atoms with van der Waals surface area (Å²) in [6, 6.07) is -0.713. The Hall–Kier alpha value is -0.540. The first kappa shape index (κ1) is 14.0. The monoisotopic (exact) mass is 193 g/mol. The van der Waals surface area contributed by atoms with Crippen molar-refractivity contribution < 1.29 is 9.90 Å². The summed E-state index contributed by atoms with van der Waals surface area (Å²) in [5.74, 6) is -0.354. The third-order valence-corrected chi connectivity index (χ3v) is 1.33. The van der Waals surface area contributed by atoms with Crippen molar-refractivity contribution in [2.75, 3.05) is 5.88 Å². The second-order valence-electron chi connectivity index (χ2n) is 2.55. The Labute approximate surface area is 78.2 Å². The highest BCUT2D eigenvalue weighted by Gasteiger charge is 2.14. The van der Waals surface area contributed by atoms with Gasteiger partial charge in [-0.15, -0.1) is 18.2 Å². The fraction of sp³-hybridized carbons (Fsp3) is 0.625. The average Bonchev–Trinajstić information content (AvgIpc) is 2.03. The van der Waals surface area contributed by atoms with Crippen LogP contribution in [-0.4, -0.2) is 23.0 Å². The maximum Gasteiger partial charge on any atom is 0.320 e. The molecule has 1 atom stereocenters. The van der Waals surface area contributed by atoms with E-state index in [4.69, 9.17) is 22.4 Å². The maximum atomic E-state index is 10.0. The zero-order valence-corrected chi connectivity index (χ0v) is 8.21. The van der Waals surface area contributed by atoms with Crippen LogP contribution in [0.2, 0.25) is 0 Å². The number of carboxylic acids is 1. The summed E-state index contributed by atoms with van der Waals surface area (Å²) in [5.41, 5.74) is 5.16. The molecule has 3 N–H and O–H groups in total. The van der Waals surface area contributed by atoms with E-state index in [2.05, 4.69) is 6.58 Å². The standard InChI is InChI=1S/C5H11NO2.C3H5Cl/c1-3(2)4(6)5(7)8;1-2-3-4/h3-4H,6H2,1-2H3,(H,7,8);2H,1,3H2/t4-;/m0./s1. The van der Waals surface area contributed by atoms with E-state index in [0.29, 0.717) is 5.88 Å². The van der Waals surface area contributed by atoms with Gasteiger partial charge in [0.15, 0.2) is 0 Å². The lowest BCUT2D eigenvalue weighted by molar-refractivity contribution is -0.139.